The van der Waals surface area contributed by atoms with Crippen LogP contribution in [0.1, 0.15) is 45.4 Å². The molecule has 74 valence electrons. The molecule has 0 saturated carbocycles. The van der Waals surface area contributed by atoms with Gasteiger partial charge in [0.25, 0.3) is 0 Å². The van der Waals surface area contributed by atoms with E-state index < -0.39 is 0 Å². The summed E-state index contributed by atoms with van der Waals surface area (Å²) in [6, 6.07) is 0. The Morgan fingerprint density at radius 3 is 2.62 bits per heavy atom. The second-order valence-electron chi connectivity index (χ2n) is 4.07. The minimum Gasteiger partial charge on any atom is -0.0834 e. The molecule has 0 amide bonds. The SMILES string of the molecule is CCCC/C=C(\Br)B1CCCCC1. The van der Waals surface area contributed by atoms with E-state index >= 15 is 0 Å². The fraction of sp³-hybridized carbons (Fsp3) is 0.818. The second kappa shape index (κ2) is 6.70. The predicted molar refractivity (Wildman–Crippen MR) is 65.8 cm³/mol. The van der Waals surface area contributed by atoms with Crippen molar-refractivity contribution in [3.05, 3.63) is 10.5 Å². The van der Waals surface area contributed by atoms with Crippen molar-refractivity contribution in [2.24, 2.45) is 0 Å². The fourth-order valence-electron chi connectivity index (χ4n) is 1.99. The third-order valence-corrected chi connectivity index (χ3v) is 3.86. The molecule has 0 spiro atoms. The van der Waals surface area contributed by atoms with Crippen LogP contribution in [0.3, 0.4) is 0 Å². The van der Waals surface area contributed by atoms with Gasteiger partial charge in [0.2, 0.25) is 0 Å². The highest BCUT2D eigenvalue weighted by atomic mass is 79.9. The summed E-state index contributed by atoms with van der Waals surface area (Å²) >= 11 is 3.73. The second-order valence-corrected chi connectivity index (χ2v) is 4.98. The molecule has 0 N–H and O–H groups in total. The topological polar surface area (TPSA) is 0 Å². The number of hydrogen-bond donors (Lipinski definition) is 0. The Kier molecular flexibility index (Phi) is 5.85. The standard InChI is InChI=1S/C11H20BBr/c1-2-3-5-8-11(13)12-9-6-4-7-10-12/h8H,2-7,9-10H2,1H3/b11-8-. The zero-order valence-electron chi connectivity index (χ0n) is 8.69. The Bertz CT molecular complexity index is 159. The molecular weight excluding hydrogens is 223 g/mol. The first-order chi connectivity index (χ1) is 6.34. The number of hydrogen-bond acceptors (Lipinski definition) is 0. The molecule has 0 nitrogen and oxygen atoms in total. The van der Waals surface area contributed by atoms with Gasteiger partial charge in [-0.05, 0) is 10.8 Å². The molecule has 2 heteroatoms. The predicted octanol–water partition coefficient (Wildman–Crippen LogP) is 4.67. The summed E-state index contributed by atoms with van der Waals surface area (Å²) in [6.45, 7) is 3.10. The highest BCUT2D eigenvalue weighted by molar-refractivity contribution is 9.12. The van der Waals surface area contributed by atoms with Crippen LogP contribution in [0.25, 0.3) is 0 Å². The van der Waals surface area contributed by atoms with E-state index in [1.807, 2.05) is 0 Å². The summed E-state index contributed by atoms with van der Waals surface area (Å²) in [4.78, 5) is 0. The molecule has 1 heterocycles. The van der Waals surface area contributed by atoms with Crippen molar-refractivity contribution in [2.75, 3.05) is 0 Å². The molecule has 0 unspecified atom stereocenters. The molecule has 0 radical (unpaired) electrons. The Morgan fingerprint density at radius 1 is 1.31 bits per heavy atom. The molecule has 1 aliphatic heterocycles. The van der Waals surface area contributed by atoms with Gasteiger partial charge >= 0.3 is 0 Å². The van der Waals surface area contributed by atoms with Crippen molar-refractivity contribution in [1.29, 1.82) is 0 Å². The Labute approximate surface area is 91.4 Å². The molecule has 0 aromatic carbocycles. The van der Waals surface area contributed by atoms with Crippen molar-refractivity contribution < 1.29 is 0 Å². The van der Waals surface area contributed by atoms with Crippen molar-refractivity contribution in [3.8, 4) is 0 Å². The van der Waals surface area contributed by atoms with Crippen LogP contribution in [0.5, 0.6) is 0 Å². The summed E-state index contributed by atoms with van der Waals surface area (Å²) < 4.78 is 1.49. The molecule has 0 aromatic heterocycles. The first kappa shape index (κ1) is 11.4. The van der Waals surface area contributed by atoms with Gasteiger partial charge in [-0.3, -0.25) is 0 Å². The van der Waals surface area contributed by atoms with Crippen LogP contribution in [0.4, 0.5) is 0 Å². The monoisotopic (exact) mass is 242 g/mol. The Hall–Kier alpha value is 0.285. The van der Waals surface area contributed by atoms with Gasteiger partial charge < -0.3 is 0 Å². The molecule has 0 bridgehead atoms. The van der Waals surface area contributed by atoms with Crippen LogP contribution in [-0.4, -0.2) is 6.71 Å². The van der Waals surface area contributed by atoms with Crippen molar-refractivity contribution >= 4 is 22.6 Å². The van der Waals surface area contributed by atoms with Crippen LogP contribution >= 0.6 is 15.9 Å². The van der Waals surface area contributed by atoms with E-state index in [4.69, 9.17) is 0 Å². The van der Waals surface area contributed by atoms with E-state index in [2.05, 4.69) is 28.9 Å². The summed E-state index contributed by atoms with van der Waals surface area (Å²) in [7, 11) is 0. The van der Waals surface area contributed by atoms with Gasteiger partial charge in [-0.2, -0.15) is 0 Å². The van der Waals surface area contributed by atoms with Gasteiger partial charge in [0.05, 0.1) is 0 Å². The lowest BCUT2D eigenvalue weighted by molar-refractivity contribution is 0.726. The number of rotatable bonds is 4. The first-order valence-corrected chi connectivity index (χ1v) is 6.49. The maximum absolute atomic E-state index is 3.73. The number of allylic oxidation sites excluding steroid dienone is 1. The third kappa shape index (κ3) is 4.35. The minimum atomic E-state index is 0.852. The van der Waals surface area contributed by atoms with Gasteiger partial charge in [-0.15, -0.1) is 0 Å². The lowest BCUT2D eigenvalue weighted by Gasteiger charge is -2.17. The largest absolute Gasteiger partial charge is 0.184 e. The lowest BCUT2D eigenvalue weighted by Crippen LogP contribution is -2.16. The molecule has 1 aliphatic rings. The van der Waals surface area contributed by atoms with E-state index in [-0.39, 0.29) is 0 Å². The fourth-order valence-corrected chi connectivity index (χ4v) is 2.68. The lowest BCUT2D eigenvalue weighted by atomic mass is 9.41. The molecule has 0 aromatic rings. The van der Waals surface area contributed by atoms with Crippen LogP contribution < -0.4 is 0 Å². The molecule has 0 aliphatic carbocycles. The van der Waals surface area contributed by atoms with E-state index in [0.717, 1.165) is 6.71 Å². The van der Waals surface area contributed by atoms with Crippen LogP contribution in [0, 0.1) is 0 Å². The van der Waals surface area contributed by atoms with Gasteiger partial charge in [0.15, 0.2) is 6.71 Å². The Morgan fingerprint density at radius 2 is 2.00 bits per heavy atom. The normalized spacial score (nSPS) is 19.2. The van der Waals surface area contributed by atoms with Crippen LogP contribution in [-0.2, 0) is 0 Å². The summed E-state index contributed by atoms with van der Waals surface area (Å²) in [6.07, 6.45) is 13.4. The first-order valence-electron chi connectivity index (χ1n) is 5.70. The molecule has 0 atom stereocenters. The van der Waals surface area contributed by atoms with E-state index in [9.17, 15) is 0 Å². The molecule has 1 fully saturated rings. The van der Waals surface area contributed by atoms with E-state index in [1.165, 1.54) is 55.5 Å². The quantitative estimate of drug-likeness (QED) is 0.497. The minimum absolute atomic E-state index is 0.852. The summed E-state index contributed by atoms with van der Waals surface area (Å²) in [5.74, 6) is 0. The van der Waals surface area contributed by atoms with Crippen molar-refractivity contribution in [1.82, 2.24) is 0 Å². The van der Waals surface area contributed by atoms with Crippen LogP contribution in [0.2, 0.25) is 12.6 Å². The van der Waals surface area contributed by atoms with Crippen molar-refractivity contribution in [2.45, 2.75) is 58.1 Å². The molecule has 13 heavy (non-hydrogen) atoms. The van der Waals surface area contributed by atoms with Gasteiger partial charge in [0, 0.05) is 0 Å². The number of unbranched alkanes of at least 4 members (excludes halogenated alkanes) is 2. The summed E-state index contributed by atoms with van der Waals surface area (Å²) in [5, 5.41) is 0. The third-order valence-electron chi connectivity index (χ3n) is 2.89. The average molecular weight is 243 g/mol. The maximum atomic E-state index is 3.73. The highest BCUT2D eigenvalue weighted by Gasteiger charge is 2.19. The molecule has 1 saturated heterocycles. The van der Waals surface area contributed by atoms with E-state index in [1.54, 1.807) is 0 Å². The summed E-state index contributed by atoms with van der Waals surface area (Å²) in [5.41, 5.74) is 0. The number of halogens is 1. The molecular formula is C11H20BBr. The molecule has 1 rings (SSSR count). The maximum Gasteiger partial charge on any atom is 0.184 e. The van der Waals surface area contributed by atoms with Crippen LogP contribution in [0.15, 0.2) is 10.5 Å². The van der Waals surface area contributed by atoms with E-state index in [0.29, 0.717) is 0 Å². The van der Waals surface area contributed by atoms with Gasteiger partial charge in [-0.25, -0.2) is 0 Å². The zero-order valence-corrected chi connectivity index (χ0v) is 10.3. The highest BCUT2D eigenvalue weighted by Crippen LogP contribution is 2.27. The smallest absolute Gasteiger partial charge is 0.0834 e. The zero-order chi connectivity index (χ0) is 9.52. The average Bonchev–Trinajstić information content (AvgIpc) is 2.19. The Balaban J connectivity index is 2.27. The van der Waals surface area contributed by atoms with Gasteiger partial charge in [0.1, 0.15) is 0 Å². The van der Waals surface area contributed by atoms with Crippen molar-refractivity contribution in [3.63, 3.8) is 0 Å². The van der Waals surface area contributed by atoms with Gasteiger partial charge in [-0.1, -0.05) is 73.7 Å².